The summed E-state index contributed by atoms with van der Waals surface area (Å²) < 4.78 is 0. The van der Waals surface area contributed by atoms with Crippen LogP contribution in [0, 0.1) is 5.92 Å². The number of aromatic nitrogens is 1. The molecule has 0 aliphatic rings. The van der Waals surface area contributed by atoms with Crippen molar-refractivity contribution in [1.29, 1.82) is 0 Å². The zero-order valence-corrected chi connectivity index (χ0v) is 20.1. The first-order valence-corrected chi connectivity index (χ1v) is 11.7. The lowest BCUT2D eigenvalue weighted by Gasteiger charge is -2.31. The normalized spacial score (nSPS) is 13.9. The highest BCUT2D eigenvalue weighted by Crippen LogP contribution is 2.23. The molecule has 0 aliphatic heterocycles. The molecule has 1 heterocycles. The number of nitrogens with one attached hydrogen (secondary N) is 3. The molecule has 180 valence electrons. The van der Waals surface area contributed by atoms with Gasteiger partial charge in [-0.25, -0.2) is 0 Å². The molecule has 3 rings (SSSR count). The third-order valence-corrected chi connectivity index (χ3v) is 6.02. The number of fused-ring (bicyclic) bond motifs is 1. The predicted octanol–water partition coefficient (Wildman–Crippen LogP) is 3.23. The minimum Gasteiger partial charge on any atom is -0.368 e. The van der Waals surface area contributed by atoms with Crippen molar-refractivity contribution in [2.24, 2.45) is 11.7 Å². The number of rotatable bonds is 11. The van der Waals surface area contributed by atoms with Gasteiger partial charge in [-0.2, -0.15) is 0 Å². The number of benzene rings is 2. The van der Waals surface area contributed by atoms with Crippen LogP contribution >= 0.6 is 0 Å². The Morgan fingerprint density at radius 3 is 2.38 bits per heavy atom. The molecule has 3 amide bonds. The molecule has 5 N–H and O–H groups in total. The highest BCUT2D eigenvalue weighted by atomic mass is 16.2. The molecule has 7 nitrogen and oxygen atoms in total. The second kappa shape index (κ2) is 11.0. The minimum atomic E-state index is -1.27. The molecule has 1 aromatic heterocycles. The molecule has 0 bridgehead atoms. The minimum absolute atomic E-state index is 0.204. The van der Waals surface area contributed by atoms with E-state index in [-0.39, 0.29) is 18.7 Å². The standard InChI is InChI=1S/C27H34N4O3/c1-18(2)13-14-24(32)31-27(3,16-20-17-29-22-12-8-7-11-21(20)22)26(34)30-23(25(28)33)15-19-9-5-4-6-10-19/h4-12,17-18,23,29H,13-16H2,1-3H3,(H2,28,33)(H,30,34)(H,31,32)/t23-,27+/m0/s1. The quantitative estimate of drug-likeness (QED) is 0.350. The van der Waals surface area contributed by atoms with Crippen molar-refractivity contribution in [2.45, 2.75) is 58.0 Å². The first-order chi connectivity index (χ1) is 16.2. The van der Waals surface area contributed by atoms with Crippen LogP contribution < -0.4 is 16.4 Å². The molecule has 0 fully saturated rings. The van der Waals surface area contributed by atoms with Crippen LogP contribution in [-0.4, -0.2) is 34.3 Å². The molecule has 0 spiro atoms. The van der Waals surface area contributed by atoms with Crippen LogP contribution in [0.25, 0.3) is 10.9 Å². The van der Waals surface area contributed by atoms with Crippen LogP contribution in [0.15, 0.2) is 60.8 Å². The average Bonchev–Trinajstić information content (AvgIpc) is 3.20. The van der Waals surface area contributed by atoms with E-state index in [1.165, 1.54) is 0 Å². The first-order valence-electron chi connectivity index (χ1n) is 11.7. The number of carbonyl (C=O) groups excluding carboxylic acids is 3. The van der Waals surface area contributed by atoms with E-state index in [9.17, 15) is 14.4 Å². The number of para-hydroxylation sites is 1. The molecule has 0 radical (unpaired) electrons. The molecule has 2 aromatic carbocycles. The lowest BCUT2D eigenvalue weighted by molar-refractivity contribution is -0.135. The van der Waals surface area contributed by atoms with Gasteiger partial charge in [0.25, 0.3) is 0 Å². The van der Waals surface area contributed by atoms with Crippen LogP contribution in [0.3, 0.4) is 0 Å². The summed E-state index contributed by atoms with van der Waals surface area (Å²) in [5, 5.41) is 6.72. The van der Waals surface area contributed by atoms with E-state index in [1.807, 2.05) is 74.6 Å². The van der Waals surface area contributed by atoms with E-state index in [1.54, 1.807) is 6.92 Å². The van der Waals surface area contributed by atoms with Crippen molar-refractivity contribution in [1.82, 2.24) is 15.6 Å². The van der Waals surface area contributed by atoms with Gasteiger partial charge in [0.2, 0.25) is 17.7 Å². The highest BCUT2D eigenvalue weighted by molar-refractivity contribution is 5.95. The van der Waals surface area contributed by atoms with Gasteiger partial charge in [0, 0.05) is 36.4 Å². The Morgan fingerprint density at radius 2 is 1.71 bits per heavy atom. The third kappa shape index (κ3) is 6.47. The van der Waals surface area contributed by atoms with Gasteiger partial charge in [-0.05, 0) is 36.5 Å². The van der Waals surface area contributed by atoms with Gasteiger partial charge >= 0.3 is 0 Å². The van der Waals surface area contributed by atoms with Crippen molar-refractivity contribution in [3.63, 3.8) is 0 Å². The maximum Gasteiger partial charge on any atom is 0.246 e. The Kier molecular flexibility index (Phi) is 8.10. The van der Waals surface area contributed by atoms with Gasteiger partial charge in [-0.15, -0.1) is 0 Å². The Hall–Kier alpha value is -3.61. The van der Waals surface area contributed by atoms with Gasteiger partial charge in [-0.3, -0.25) is 14.4 Å². The highest BCUT2D eigenvalue weighted by Gasteiger charge is 2.37. The topological polar surface area (TPSA) is 117 Å². The van der Waals surface area contributed by atoms with Crippen molar-refractivity contribution in [2.75, 3.05) is 0 Å². The number of H-pyrrole nitrogens is 1. The lowest BCUT2D eigenvalue weighted by Crippen LogP contribution is -2.61. The molecule has 2 atom stereocenters. The van der Waals surface area contributed by atoms with E-state index >= 15 is 0 Å². The molecule has 0 saturated carbocycles. The van der Waals surface area contributed by atoms with E-state index in [0.29, 0.717) is 18.8 Å². The Bertz CT molecular complexity index is 1140. The molecule has 0 saturated heterocycles. The fourth-order valence-electron chi connectivity index (χ4n) is 4.02. The van der Waals surface area contributed by atoms with Crippen LogP contribution in [0.4, 0.5) is 0 Å². The Labute approximate surface area is 200 Å². The number of carbonyl (C=O) groups is 3. The molecule has 7 heteroatoms. The fourth-order valence-corrected chi connectivity index (χ4v) is 4.02. The summed E-state index contributed by atoms with van der Waals surface area (Å²) in [6.07, 6.45) is 3.41. The smallest absolute Gasteiger partial charge is 0.246 e. The molecular formula is C27H34N4O3. The number of primary amides is 1. The van der Waals surface area contributed by atoms with Crippen LogP contribution in [0.5, 0.6) is 0 Å². The number of hydrogen-bond donors (Lipinski definition) is 4. The Morgan fingerprint density at radius 1 is 1.03 bits per heavy atom. The summed E-state index contributed by atoms with van der Waals surface area (Å²) in [6, 6.07) is 16.3. The van der Waals surface area contributed by atoms with E-state index in [0.717, 1.165) is 22.0 Å². The number of hydrogen-bond acceptors (Lipinski definition) is 3. The van der Waals surface area contributed by atoms with Gasteiger partial charge in [0.05, 0.1) is 0 Å². The van der Waals surface area contributed by atoms with Crippen molar-refractivity contribution >= 4 is 28.6 Å². The largest absolute Gasteiger partial charge is 0.368 e. The molecule has 34 heavy (non-hydrogen) atoms. The summed E-state index contributed by atoms with van der Waals surface area (Å²) in [4.78, 5) is 41.7. The van der Waals surface area contributed by atoms with Crippen molar-refractivity contribution in [3.8, 4) is 0 Å². The summed E-state index contributed by atoms with van der Waals surface area (Å²) in [7, 11) is 0. The zero-order valence-electron chi connectivity index (χ0n) is 20.1. The fraction of sp³-hybridized carbons (Fsp3) is 0.370. The molecule has 3 aromatic rings. The second-order valence-electron chi connectivity index (χ2n) is 9.47. The van der Waals surface area contributed by atoms with Crippen LogP contribution in [-0.2, 0) is 27.2 Å². The van der Waals surface area contributed by atoms with Crippen molar-refractivity contribution in [3.05, 3.63) is 71.9 Å². The van der Waals surface area contributed by atoms with E-state index in [4.69, 9.17) is 5.73 Å². The lowest BCUT2D eigenvalue weighted by atomic mass is 9.90. The SMILES string of the molecule is CC(C)CCC(=O)N[C@](C)(Cc1c[nH]c2ccccc12)C(=O)N[C@@H](Cc1ccccc1)C(N)=O. The summed E-state index contributed by atoms with van der Waals surface area (Å²) in [5.74, 6) is -0.914. The zero-order chi connectivity index (χ0) is 24.7. The number of amides is 3. The summed E-state index contributed by atoms with van der Waals surface area (Å²) in [6.45, 7) is 5.79. The average molecular weight is 463 g/mol. The maximum atomic E-state index is 13.6. The summed E-state index contributed by atoms with van der Waals surface area (Å²) in [5.41, 5.74) is 7.08. The van der Waals surface area contributed by atoms with Gasteiger partial charge in [0.1, 0.15) is 11.6 Å². The molecular weight excluding hydrogens is 428 g/mol. The van der Waals surface area contributed by atoms with Gasteiger partial charge in [0.15, 0.2) is 0 Å². The van der Waals surface area contributed by atoms with E-state index < -0.39 is 23.4 Å². The molecule has 0 aliphatic carbocycles. The van der Waals surface area contributed by atoms with Gasteiger partial charge in [-0.1, -0.05) is 62.4 Å². The predicted molar refractivity (Wildman–Crippen MR) is 134 cm³/mol. The van der Waals surface area contributed by atoms with Crippen molar-refractivity contribution < 1.29 is 14.4 Å². The van der Waals surface area contributed by atoms with Crippen LogP contribution in [0.2, 0.25) is 0 Å². The first kappa shape index (κ1) is 25.0. The molecule has 0 unspecified atom stereocenters. The Balaban J connectivity index is 1.85. The number of nitrogens with two attached hydrogens (primary N) is 1. The maximum absolute atomic E-state index is 13.6. The monoisotopic (exact) mass is 462 g/mol. The third-order valence-electron chi connectivity index (χ3n) is 6.02. The number of aromatic amines is 1. The van der Waals surface area contributed by atoms with E-state index in [2.05, 4.69) is 15.6 Å². The second-order valence-corrected chi connectivity index (χ2v) is 9.47. The summed E-state index contributed by atoms with van der Waals surface area (Å²) >= 11 is 0. The van der Waals surface area contributed by atoms with Crippen LogP contribution in [0.1, 0.15) is 44.7 Å². The van der Waals surface area contributed by atoms with Gasteiger partial charge < -0.3 is 21.4 Å².